The zero-order chi connectivity index (χ0) is 12.0. The second-order valence-corrected chi connectivity index (χ2v) is 5.92. The van der Waals surface area contributed by atoms with Crippen LogP contribution in [0.5, 0.6) is 0 Å². The molecule has 1 nitrogen and oxygen atoms in total. The van der Waals surface area contributed by atoms with Crippen molar-refractivity contribution in [2.75, 3.05) is 5.75 Å². The van der Waals surface area contributed by atoms with Crippen molar-refractivity contribution >= 4 is 11.8 Å². The molecule has 0 amide bonds. The van der Waals surface area contributed by atoms with Gasteiger partial charge in [0.25, 0.3) is 0 Å². The third kappa shape index (κ3) is 4.58. The summed E-state index contributed by atoms with van der Waals surface area (Å²) in [5, 5.41) is 0. The lowest BCUT2D eigenvalue weighted by molar-refractivity contribution is 0.507. The molecule has 90 valence electrons. The topological polar surface area (TPSA) is 26.0 Å². The van der Waals surface area contributed by atoms with Gasteiger partial charge in [-0.05, 0) is 42.2 Å². The molecule has 1 aromatic carbocycles. The molecule has 0 aromatic heterocycles. The zero-order valence-electron chi connectivity index (χ0n) is 10.6. The average molecular weight is 237 g/mol. The van der Waals surface area contributed by atoms with Gasteiger partial charge >= 0.3 is 0 Å². The standard InChI is InChI=1S/C14H23NS/c1-4-16-13-8-6-12(7-9-13)14(15)10-5-11(2)3/h6-9,11,14H,4-5,10,15H2,1-3H3. The maximum Gasteiger partial charge on any atom is 0.0294 e. The van der Waals surface area contributed by atoms with Gasteiger partial charge in [-0.15, -0.1) is 11.8 Å². The van der Waals surface area contributed by atoms with E-state index in [2.05, 4.69) is 45.0 Å². The normalized spacial score (nSPS) is 13.1. The number of thioether (sulfide) groups is 1. The predicted octanol–water partition coefficient (Wildman–Crippen LogP) is 4.23. The summed E-state index contributed by atoms with van der Waals surface area (Å²) < 4.78 is 0. The summed E-state index contributed by atoms with van der Waals surface area (Å²) in [4.78, 5) is 1.34. The van der Waals surface area contributed by atoms with Crippen molar-refractivity contribution < 1.29 is 0 Å². The Bertz CT molecular complexity index is 292. The summed E-state index contributed by atoms with van der Waals surface area (Å²) in [5.74, 6) is 1.86. The van der Waals surface area contributed by atoms with Crippen molar-refractivity contribution in [1.82, 2.24) is 0 Å². The van der Waals surface area contributed by atoms with Crippen LogP contribution in [0.3, 0.4) is 0 Å². The van der Waals surface area contributed by atoms with E-state index in [-0.39, 0.29) is 6.04 Å². The maximum absolute atomic E-state index is 6.16. The fourth-order valence-electron chi connectivity index (χ4n) is 1.66. The van der Waals surface area contributed by atoms with E-state index in [1.165, 1.54) is 16.9 Å². The molecule has 1 unspecified atom stereocenters. The van der Waals surface area contributed by atoms with Gasteiger partial charge < -0.3 is 5.73 Å². The van der Waals surface area contributed by atoms with Crippen molar-refractivity contribution in [2.45, 2.75) is 44.6 Å². The molecule has 1 rings (SSSR count). The van der Waals surface area contributed by atoms with Gasteiger partial charge in [-0.2, -0.15) is 0 Å². The molecular formula is C14H23NS. The quantitative estimate of drug-likeness (QED) is 0.749. The first-order valence-electron chi connectivity index (χ1n) is 6.11. The Labute approximate surface area is 104 Å². The van der Waals surface area contributed by atoms with Gasteiger partial charge in [-0.1, -0.05) is 32.9 Å². The molecule has 16 heavy (non-hydrogen) atoms. The summed E-state index contributed by atoms with van der Waals surface area (Å²) in [7, 11) is 0. The van der Waals surface area contributed by atoms with Crippen molar-refractivity contribution in [3.63, 3.8) is 0 Å². The Morgan fingerprint density at radius 3 is 2.25 bits per heavy atom. The van der Waals surface area contributed by atoms with Gasteiger partial charge in [-0.3, -0.25) is 0 Å². The fraction of sp³-hybridized carbons (Fsp3) is 0.571. The molecule has 0 spiro atoms. The molecule has 1 aromatic rings. The van der Waals surface area contributed by atoms with Crippen LogP contribution in [0.15, 0.2) is 29.2 Å². The van der Waals surface area contributed by atoms with E-state index in [4.69, 9.17) is 5.73 Å². The van der Waals surface area contributed by atoms with Crippen molar-refractivity contribution in [1.29, 1.82) is 0 Å². The highest BCUT2D eigenvalue weighted by molar-refractivity contribution is 7.99. The van der Waals surface area contributed by atoms with Crippen molar-refractivity contribution in [2.24, 2.45) is 11.7 Å². The summed E-state index contributed by atoms with van der Waals surface area (Å²) in [6.07, 6.45) is 2.28. The van der Waals surface area contributed by atoms with Crippen LogP contribution in [0.2, 0.25) is 0 Å². The van der Waals surface area contributed by atoms with Crippen LogP contribution in [0.1, 0.15) is 45.2 Å². The third-order valence-electron chi connectivity index (χ3n) is 2.67. The highest BCUT2D eigenvalue weighted by Gasteiger charge is 2.06. The van der Waals surface area contributed by atoms with Gasteiger partial charge in [0.1, 0.15) is 0 Å². The minimum absolute atomic E-state index is 0.197. The second kappa shape index (κ2) is 6.97. The van der Waals surface area contributed by atoms with E-state index in [1.54, 1.807) is 0 Å². The van der Waals surface area contributed by atoms with Gasteiger partial charge in [0.15, 0.2) is 0 Å². The molecule has 0 aliphatic rings. The van der Waals surface area contributed by atoms with E-state index in [0.29, 0.717) is 0 Å². The zero-order valence-corrected chi connectivity index (χ0v) is 11.4. The largest absolute Gasteiger partial charge is 0.324 e. The summed E-state index contributed by atoms with van der Waals surface area (Å²) in [6, 6.07) is 8.90. The molecule has 0 aliphatic heterocycles. The van der Waals surface area contributed by atoms with Gasteiger partial charge in [-0.25, -0.2) is 0 Å². The Kier molecular flexibility index (Phi) is 5.93. The van der Waals surface area contributed by atoms with E-state index in [0.717, 1.165) is 18.1 Å². The van der Waals surface area contributed by atoms with Crippen LogP contribution in [0.25, 0.3) is 0 Å². The smallest absolute Gasteiger partial charge is 0.0294 e. The number of hydrogen-bond donors (Lipinski definition) is 1. The van der Waals surface area contributed by atoms with Gasteiger partial charge in [0.05, 0.1) is 0 Å². The number of benzene rings is 1. The highest BCUT2D eigenvalue weighted by atomic mass is 32.2. The Hall–Kier alpha value is -0.470. The molecule has 0 saturated heterocycles. The number of nitrogens with two attached hydrogens (primary N) is 1. The van der Waals surface area contributed by atoms with Gasteiger partial charge in [0, 0.05) is 10.9 Å². The highest BCUT2D eigenvalue weighted by Crippen LogP contribution is 2.22. The van der Waals surface area contributed by atoms with E-state index < -0.39 is 0 Å². The predicted molar refractivity (Wildman–Crippen MR) is 73.8 cm³/mol. The minimum Gasteiger partial charge on any atom is -0.324 e. The Balaban J connectivity index is 2.52. The molecule has 2 N–H and O–H groups in total. The van der Waals surface area contributed by atoms with Crippen LogP contribution < -0.4 is 5.73 Å². The van der Waals surface area contributed by atoms with Crippen LogP contribution in [0, 0.1) is 5.92 Å². The maximum atomic E-state index is 6.16. The molecule has 0 saturated carbocycles. The SMILES string of the molecule is CCSc1ccc(C(N)CCC(C)C)cc1. The van der Waals surface area contributed by atoms with Gasteiger partial charge in [0.2, 0.25) is 0 Å². The molecular weight excluding hydrogens is 214 g/mol. The minimum atomic E-state index is 0.197. The first-order chi connectivity index (χ1) is 7.63. The molecule has 0 aliphatic carbocycles. The monoisotopic (exact) mass is 237 g/mol. The fourth-order valence-corrected chi connectivity index (χ4v) is 2.32. The lowest BCUT2D eigenvalue weighted by Crippen LogP contribution is -2.11. The lowest BCUT2D eigenvalue weighted by Gasteiger charge is -2.13. The number of hydrogen-bond acceptors (Lipinski definition) is 2. The average Bonchev–Trinajstić information content (AvgIpc) is 2.27. The number of rotatable bonds is 6. The van der Waals surface area contributed by atoms with E-state index in [9.17, 15) is 0 Å². The molecule has 0 fully saturated rings. The van der Waals surface area contributed by atoms with E-state index in [1.807, 2.05) is 11.8 Å². The van der Waals surface area contributed by atoms with E-state index >= 15 is 0 Å². The Morgan fingerprint density at radius 1 is 1.12 bits per heavy atom. The van der Waals surface area contributed by atoms with Crippen LogP contribution >= 0.6 is 11.8 Å². The second-order valence-electron chi connectivity index (χ2n) is 4.58. The van der Waals surface area contributed by atoms with Crippen LogP contribution in [-0.2, 0) is 0 Å². The van der Waals surface area contributed by atoms with Crippen molar-refractivity contribution in [3.05, 3.63) is 29.8 Å². The summed E-state index contributed by atoms with van der Waals surface area (Å²) >= 11 is 1.87. The van der Waals surface area contributed by atoms with Crippen molar-refractivity contribution in [3.8, 4) is 0 Å². The van der Waals surface area contributed by atoms with Crippen LogP contribution in [0.4, 0.5) is 0 Å². The summed E-state index contributed by atoms with van der Waals surface area (Å²) in [5.41, 5.74) is 7.43. The lowest BCUT2D eigenvalue weighted by atomic mass is 9.98. The molecule has 0 bridgehead atoms. The molecule has 2 heteroatoms. The first kappa shape index (κ1) is 13.6. The van der Waals surface area contributed by atoms with Crippen LogP contribution in [-0.4, -0.2) is 5.75 Å². The summed E-state index contributed by atoms with van der Waals surface area (Å²) in [6.45, 7) is 6.66. The first-order valence-corrected chi connectivity index (χ1v) is 7.10. The third-order valence-corrected chi connectivity index (χ3v) is 3.57. The Morgan fingerprint density at radius 2 is 1.75 bits per heavy atom. The molecule has 0 heterocycles. The molecule has 1 atom stereocenters. The molecule has 0 radical (unpaired) electrons.